The number of hydrogen-bond donors (Lipinski definition) is 4. The van der Waals surface area contributed by atoms with Gasteiger partial charge in [0.15, 0.2) is 0 Å². The number of benzene rings is 1. The van der Waals surface area contributed by atoms with Gasteiger partial charge in [0, 0.05) is 38.8 Å². The number of aliphatic hydroxyl groups is 1. The molecule has 0 fully saturated rings. The van der Waals surface area contributed by atoms with Gasteiger partial charge in [-0.25, -0.2) is 4.98 Å². The van der Waals surface area contributed by atoms with E-state index in [1.165, 1.54) is 13.1 Å². The van der Waals surface area contributed by atoms with E-state index in [4.69, 9.17) is 4.74 Å². The van der Waals surface area contributed by atoms with E-state index in [0.717, 1.165) is 11.3 Å². The summed E-state index contributed by atoms with van der Waals surface area (Å²) in [5.41, 5.74) is 1.58. The predicted molar refractivity (Wildman–Crippen MR) is 106 cm³/mol. The third-order valence-electron chi connectivity index (χ3n) is 3.93. The first kappa shape index (κ1) is 24.4. The second kappa shape index (κ2) is 12.7. The second-order valence-corrected chi connectivity index (χ2v) is 6.22. The Morgan fingerprint density at radius 3 is 2.48 bits per heavy atom. The molecule has 1 heterocycles. The highest BCUT2D eigenvalue weighted by molar-refractivity contribution is 5.87. The van der Waals surface area contributed by atoms with Gasteiger partial charge in [-0.05, 0) is 23.8 Å². The van der Waals surface area contributed by atoms with Crippen molar-refractivity contribution in [2.24, 2.45) is 0 Å². The van der Waals surface area contributed by atoms with E-state index >= 15 is 0 Å². The van der Waals surface area contributed by atoms with E-state index in [0.29, 0.717) is 37.5 Å². The summed E-state index contributed by atoms with van der Waals surface area (Å²) in [5.74, 6) is 0.951. The molecule has 9 heteroatoms. The number of amides is 2. The molecule has 1 atom stereocenters. The van der Waals surface area contributed by atoms with Gasteiger partial charge in [-0.2, -0.15) is 0 Å². The van der Waals surface area contributed by atoms with Crippen LogP contribution in [0.5, 0.6) is 5.75 Å². The molecule has 0 saturated heterocycles. The summed E-state index contributed by atoms with van der Waals surface area (Å²) >= 11 is 0. The average molecular weight is 422 g/mol. The van der Waals surface area contributed by atoms with Crippen LogP contribution >= 0.6 is 0 Å². The van der Waals surface area contributed by atoms with Crippen molar-refractivity contribution in [3.05, 3.63) is 53.7 Å². The number of hydrogen-bond acceptors (Lipinski definition) is 6. The first-order valence-corrected chi connectivity index (χ1v) is 9.02. The molecule has 2 rings (SSSR count). The molecule has 0 radical (unpaired) electrons. The van der Waals surface area contributed by atoms with E-state index in [-0.39, 0.29) is 24.2 Å². The van der Waals surface area contributed by atoms with Crippen LogP contribution in [0, 0.1) is 0 Å². The highest BCUT2D eigenvalue weighted by Gasteiger charge is 2.08. The minimum Gasteiger partial charge on any atom is -1.00 e. The molecule has 0 bridgehead atoms. The zero-order valence-corrected chi connectivity index (χ0v) is 17.2. The van der Waals surface area contributed by atoms with E-state index < -0.39 is 6.10 Å². The minimum absolute atomic E-state index is 0. The predicted octanol–water partition coefficient (Wildman–Crippen LogP) is -1.97. The smallest absolute Gasteiger partial charge is 0.224 e. The Morgan fingerprint density at radius 1 is 1.17 bits per heavy atom. The number of aromatic nitrogens is 1. The molecule has 1 aromatic carbocycles. The lowest BCUT2D eigenvalue weighted by molar-refractivity contribution is -0.120. The summed E-state index contributed by atoms with van der Waals surface area (Å²) < 4.78 is 5.64. The number of carbonyl (C=O) groups excluding carboxylic acids is 2. The van der Waals surface area contributed by atoms with E-state index in [1.807, 2.05) is 24.3 Å². The van der Waals surface area contributed by atoms with Crippen LogP contribution in [-0.4, -0.2) is 48.6 Å². The summed E-state index contributed by atoms with van der Waals surface area (Å²) in [6, 6.07) is 10.8. The largest absolute Gasteiger partial charge is 1.00 e. The quantitative estimate of drug-likeness (QED) is 0.331. The fraction of sp³-hybridized carbons (Fsp3) is 0.350. The molecule has 0 unspecified atom stereocenters. The Hall–Kier alpha value is -2.68. The maximum atomic E-state index is 11.3. The SMILES string of the molecule is CNC(=O)Cc1ccc(OCCNC[C@H](O)c2ccc(NC(C)=O)nc2)cc1.[Cl-]. The number of likely N-dealkylation sites (N-methyl/N-ethyl adjacent to an activating group) is 1. The minimum atomic E-state index is -0.706. The first-order chi connectivity index (χ1) is 13.5. The Morgan fingerprint density at radius 2 is 1.90 bits per heavy atom. The molecular weight excluding hydrogens is 396 g/mol. The summed E-state index contributed by atoms with van der Waals surface area (Å²) in [6.45, 7) is 2.78. The van der Waals surface area contributed by atoms with Gasteiger partial charge in [-0.15, -0.1) is 0 Å². The number of anilines is 1. The van der Waals surface area contributed by atoms with Crippen molar-refractivity contribution in [1.29, 1.82) is 0 Å². The maximum absolute atomic E-state index is 11.3. The lowest BCUT2D eigenvalue weighted by Gasteiger charge is -2.13. The molecule has 2 aromatic rings. The molecule has 0 saturated carbocycles. The fourth-order valence-electron chi connectivity index (χ4n) is 2.43. The van der Waals surface area contributed by atoms with Crippen LogP contribution in [-0.2, 0) is 16.0 Å². The van der Waals surface area contributed by atoms with Gasteiger partial charge < -0.3 is 38.2 Å². The Labute approximate surface area is 176 Å². The molecule has 29 heavy (non-hydrogen) atoms. The molecule has 1 aromatic heterocycles. The van der Waals surface area contributed by atoms with Crippen LogP contribution in [0.15, 0.2) is 42.6 Å². The fourth-order valence-corrected chi connectivity index (χ4v) is 2.43. The molecular formula is C20H26ClN4O4-. The highest BCUT2D eigenvalue weighted by atomic mass is 35.5. The van der Waals surface area contributed by atoms with Gasteiger partial charge in [0.2, 0.25) is 11.8 Å². The maximum Gasteiger partial charge on any atom is 0.224 e. The molecule has 4 N–H and O–H groups in total. The second-order valence-electron chi connectivity index (χ2n) is 6.22. The van der Waals surface area contributed by atoms with Gasteiger partial charge >= 0.3 is 0 Å². The summed E-state index contributed by atoms with van der Waals surface area (Å²) in [5, 5.41) is 18.5. The summed E-state index contributed by atoms with van der Waals surface area (Å²) in [6.07, 6.45) is 1.17. The van der Waals surface area contributed by atoms with E-state index in [9.17, 15) is 14.7 Å². The molecule has 8 nitrogen and oxygen atoms in total. The third kappa shape index (κ3) is 8.91. The van der Waals surface area contributed by atoms with Gasteiger partial charge in [0.05, 0.1) is 12.5 Å². The molecule has 0 aliphatic carbocycles. The van der Waals surface area contributed by atoms with Crippen LogP contribution in [0.1, 0.15) is 24.2 Å². The number of rotatable bonds is 10. The first-order valence-electron chi connectivity index (χ1n) is 9.02. The number of ether oxygens (including phenoxy) is 1. The zero-order chi connectivity index (χ0) is 20.4. The Bertz CT molecular complexity index is 769. The van der Waals surface area contributed by atoms with Crippen molar-refractivity contribution in [1.82, 2.24) is 15.6 Å². The van der Waals surface area contributed by atoms with E-state index in [2.05, 4.69) is 20.9 Å². The number of nitrogens with one attached hydrogen (secondary N) is 3. The highest BCUT2D eigenvalue weighted by Crippen LogP contribution is 2.14. The van der Waals surface area contributed by atoms with Crippen molar-refractivity contribution < 1.29 is 31.8 Å². The zero-order valence-electron chi connectivity index (χ0n) is 16.4. The van der Waals surface area contributed by atoms with Crippen LogP contribution < -0.4 is 33.1 Å². The van der Waals surface area contributed by atoms with Gasteiger partial charge in [-0.1, -0.05) is 18.2 Å². The topological polar surface area (TPSA) is 113 Å². The monoisotopic (exact) mass is 421 g/mol. The summed E-state index contributed by atoms with van der Waals surface area (Å²) in [7, 11) is 1.61. The van der Waals surface area contributed by atoms with Gasteiger partial charge in [-0.3, -0.25) is 9.59 Å². The summed E-state index contributed by atoms with van der Waals surface area (Å²) in [4.78, 5) is 26.4. The van der Waals surface area contributed by atoms with Gasteiger partial charge in [0.25, 0.3) is 0 Å². The number of pyridine rings is 1. The van der Waals surface area contributed by atoms with Gasteiger partial charge in [0.1, 0.15) is 18.2 Å². The van der Waals surface area contributed by atoms with Crippen molar-refractivity contribution in [2.45, 2.75) is 19.4 Å². The lowest BCUT2D eigenvalue weighted by atomic mass is 10.1. The number of halogens is 1. The van der Waals surface area contributed by atoms with Crippen LogP contribution in [0.25, 0.3) is 0 Å². The van der Waals surface area contributed by atoms with Crippen LogP contribution in [0.2, 0.25) is 0 Å². The number of nitrogens with zero attached hydrogens (tertiary/aromatic N) is 1. The third-order valence-corrected chi connectivity index (χ3v) is 3.93. The average Bonchev–Trinajstić information content (AvgIpc) is 2.68. The molecule has 158 valence electrons. The Kier molecular flexibility index (Phi) is 10.7. The van der Waals surface area contributed by atoms with Crippen molar-refractivity contribution in [3.63, 3.8) is 0 Å². The molecule has 0 aliphatic heterocycles. The molecule has 0 aliphatic rings. The number of aliphatic hydroxyl groups excluding tert-OH is 1. The lowest BCUT2D eigenvalue weighted by Crippen LogP contribution is -3.00. The standard InChI is InChI=1S/C20H26N4O4.ClH/c1-14(25)24-19-8-5-16(12-23-19)18(26)13-22-9-10-28-17-6-3-15(4-7-17)11-20(27)21-2;/h3-8,12,18,22,26H,9-11,13H2,1-2H3,(H,21,27)(H,23,24,25);1H/p-1/t18-;/m0./s1. The van der Waals surface area contributed by atoms with Crippen LogP contribution in [0.3, 0.4) is 0 Å². The molecule has 0 spiro atoms. The van der Waals surface area contributed by atoms with Crippen LogP contribution in [0.4, 0.5) is 5.82 Å². The van der Waals surface area contributed by atoms with Crippen molar-refractivity contribution in [2.75, 3.05) is 32.1 Å². The Balaban J connectivity index is 0.00000420. The molecule has 2 amide bonds. The number of carbonyl (C=O) groups is 2. The van der Waals surface area contributed by atoms with Crippen molar-refractivity contribution >= 4 is 17.6 Å². The van der Waals surface area contributed by atoms with E-state index in [1.54, 1.807) is 19.2 Å². The normalized spacial score (nSPS) is 11.1. The van der Waals surface area contributed by atoms with Crippen molar-refractivity contribution in [3.8, 4) is 5.75 Å².